The normalized spacial score (nSPS) is 19.0. The molecular weight excluding hydrogens is 380 g/mol. The van der Waals surface area contributed by atoms with E-state index in [1.807, 2.05) is 13.0 Å². The fourth-order valence-corrected chi connectivity index (χ4v) is 4.90. The Morgan fingerprint density at radius 3 is 2.71 bits per heavy atom. The molecule has 2 aliphatic rings. The summed E-state index contributed by atoms with van der Waals surface area (Å²) < 4.78 is 40.5. The van der Waals surface area contributed by atoms with Crippen LogP contribution in [0.3, 0.4) is 0 Å². The first kappa shape index (κ1) is 19.4. The summed E-state index contributed by atoms with van der Waals surface area (Å²) in [6.45, 7) is 7.66. The van der Waals surface area contributed by atoms with E-state index in [0.29, 0.717) is 26.2 Å². The average molecular weight is 407 g/mol. The minimum Gasteiger partial charge on any atom is -0.492 e. The van der Waals surface area contributed by atoms with Crippen molar-refractivity contribution in [3.8, 4) is 5.75 Å². The van der Waals surface area contributed by atoms with E-state index in [-0.39, 0.29) is 4.90 Å². The Balaban J connectivity index is 1.55. The third-order valence-corrected chi connectivity index (χ3v) is 6.95. The lowest BCUT2D eigenvalue weighted by Crippen LogP contribution is -2.35. The van der Waals surface area contributed by atoms with Crippen LogP contribution in [0.2, 0.25) is 0 Å². The minimum atomic E-state index is -3.61. The number of benzene rings is 1. The van der Waals surface area contributed by atoms with Crippen LogP contribution in [0.1, 0.15) is 18.1 Å². The summed E-state index contributed by atoms with van der Waals surface area (Å²) in [4.78, 5) is 2.57. The van der Waals surface area contributed by atoms with Crippen LogP contribution in [0.4, 0.5) is 0 Å². The summed E-state index contributed by atoms with van der Waals surface area (Å²) in [6, 6.07) is 6.08. The van der Waals surface area contributed by atoms with E-state index >= 15 is 0 Å². The highest BCUT2D eigenvalue weighted by Gasteiger charge is 2.29. The molecule has 0 bridgehead atoms. The third-order valence-electron chi connectivity index (χ3n) is 5.15. The summed E-state index contributed by atoms with van der Waals surface area (Å²) in [6.07, 6.45) is 3.00. The van der Waals surface area contributed by atoms with Crippen molar-refractivity contribution in [2.45, 2.75) is 31.5 Å². The standard InChI is InChI=1S/C19H26N4O4S/c1-2-22-15-18(12-20-22)28(24,25)23-7-10-27-19-4-3-16(11-17(19)14-23)13-21-5-8-26-9-6-21/h3-4,11-12,15H,2,5-10,13-14H2,1H3. The summed E-state index contributed by atoms with van der Waals surface area (Å²) in [5.41, 5.74) is 2.05. The zero-order valence-corrected chi connectivity index (χ0v) is 16.9. The van der Waals surface area contributed by atoms with E-state index < -0.39 is 10.0 Å². The van der Waals surface area contributed by atoms with Crippen LogP contribution in [-0.2, 0) is 34.4 Å². The van der Waals surface area contributed by atoms with Crippen molar-refractivity contribution < 1.29 is 17.9 Å². The van der Waals surface area contributed by atoms with Gasteiger partial charge in [-0.05, 0) is 24.6 Å². The predicted octanol–water partition coefficient (Wildman–Crippen LogP) is 1.32. The molecule has 152 valence electrons. The van der Waals surface area contributed by atoms with Crippen LogP contribution in [0, 0.1) is 0 Å². The number of aromatic nitrogens is 2. The van der Waals surface area contributed by atoms with Gasteiger partial charge in [-0.25, -0.2) is 8.42 Å². The van der Waals surface area contributed by atoms with Gasteiger partial charge in [-0.2, -0.15) is 9.40 Å². The van der Waals surface area contributed by atoms with Gasteiger partial charge in [-0.3, -0.25) is 9.58 Å². The second-order valence-corrected chi connectivity index (χ2v) is 8.99. The van der Waals surface area contributed by atoms with Crippen molar-refractivity contribution in [1.82, 2.24) is 19.0 Å². The Labute approximate surface area is 165 Å². The molecule has 8 nitrogen and oxygen atoms in total. The quantitative estimate of drug-likeness (QED) is 0.745. The Hall–Kier alpha value is -1.94. The first-order chi connectivity index (χ1) is 13.6. The van der Waals surface area contributed by atoms with Gasteiger partial charge in [-0.1, -0.05) is 6.07 Å². The number of nitrogens with zero attached hydrogens (tertiary/aromatic N) is 4. The molecule has 0 spiro atoms. The van der Waals surface area contributed by atoms with Crippen LogP contribution < -0.4 is 4.74 Å². The topological polar surface area (TPSA) is 76.9 Å². The lowest BCUT2D eigenvalue weighted by Gasteiger charge is -2.27. The van der Waals surface area contributed by atoms with E-state index in [9.17, 15) is 8.42 Å². The van der Waals surface area contributed by atoms with E-state index in [1.54, 1.807) is 10.9 Å². The molecular formula is C19H26N4O4S. The number of hydrogen-bond donors (Lipinski definition) is 0. The summed E-state index contributed by atoms with van der Waals surface area (Å²) in [7, 11) is -3.61. The Bertz CT molecular complexity index is 922. The monoisotopic (exact) mass is 406 g/mol. The molecule has 1 fully saturated rings. The van der Waals surface area contributed by atoms with Crippen molar-refractivity contribution >= 4 is 10.0 Å². The van der Waals surface area contributed by atoms with E-state index in [1.165, 1.54) is 10.5 Å². The van der Waals surface area contributed by atoms with Crippen LogP contribution in [-0.4, -0.2) is 66.9 Å². The molecule has 0 unspecified atom stereocenters. The van der Waals surface area contributed by atoms with Crippen molar-refractivity contribution in [3.05, 3.63) is 41.7 Å². The molecule has 28 heavy (non-hydrogen) atoms. The van der Waals surface area contributed by atoms with Gasteiger partial charge in [0.25, 0.3) is 0 Å². The predicted molar refractivity (Wildman–Crippen MR) is 104 cm³/mol. The lowest BCUT2D eigenvalue weighted by molar-refractivity contribution is 0.0342. The highest BCUT2D eigenvalue weighted by molar-refractivity contribution is 7.89. The Kier molecular flexibility index (Phi) is 5.68. The Morgan fingerprint density at radius 1 is 1.14 bits per heavy atom. The fourth-order valence-electron chi connectivity index (χ4n) is 3.54. The first-order valence-corrected chi connectivity index (χ1v) is 11.1. The maximum atomic E-state index is 13.1. The zero-order chi connectivity index (χ0) is 19.6. The Morgan fingerprint density at radius 2 is 1.96 bits per heavy atom. The van der Waals surface area contributed by atoms with Crippen molar-refractivity contribution in [2.24, 2.45) is 0 Å². The average Bonchev–Trinajstić information content (AvgIpc) is 3.09. The number of rotatable bonds is 5. The highest BCUT2D eigenvalue weighted by atomic mass is 32.2. The second kappa shape index (κ2) is 8.20. The molecule has 1 aromatic heterocycles. The number of sulfonamides is 1. The zero-order valence-electron chi connectivity index (χ0n) is 16.1. The van der Waals surface area contributed by atoms with E-state index in [4.69, 9.17) is 9.47 Å². The van der Waals surface area contributed by atoms with Crippen LogP contribution in [0.5, 0.6) is 5.75 Å². The molecule has 4 rings (SSSR count). The number of aryl methyl sites for hydroxylation is 1. The molecule has 0 radical (unpaired) electrons. The van der Waals surface area contributed by atoms with Crippen molar-refractivity contribution in [1.29, 1.82) is 0 Å². The van der Waals surface area contributed by atoms with Gasteiger partial charge >= 0.3 is 0 Å². The summed E-state index contributed by atoms with van der Waals surface area (Å²) in [5, 5.41) is 4.11. The highest BCUT2D eigenvalue weighted by Crippen LogP contribution is 2.28. The van der Waals surface area contributed by atoms with Crippen molar-refractivity contribution in [2.75, 3.05) is 39.5 Å². The van der Waals surface area contributed by atoms with Gasteiger partial charge in [-0.15, -0.1) is 0 Å². The molecule has 9 heteroatoms. The largest absolute Gasteiger partial charge is 0.492 e. The third kappa shape index (κ3) is 4.07. The maximum absolute atomic E-state index is 13.1. The van der Waals surface area contributed by atoms with Gasteiger partial charge in [0.05, 0.1) is 19.4 Å². The molecule has 1 aromatic carbocycles. The van der Waals surface area contributed by atoms with Crippen molar-refractivity contribution in [3.63, 3.8) is 0 Å². The minimum absolute atomic E-state index is 0.224. The molecule has 1 saturated heterocycles. The number of fused-ring (bicyclic) bond motifs is 1. The lowest BCUT2D eigenvalue weighted by atomic mass is 10.1. The van der Waals surface area contributed by atoms with Gasteiger partial charge in [0.1, 0.15) is 17.3 Å². The van der Waals surface area contributed by atoms with Gasteiger partial charge in [0.2, 0.25) is 10.0 Å². The summed E-state index contributed by atoms with van der Waals surface area (Å²) >= 11 is 0. The molecule has 0 N–H and O–H groups in total. The number of morpholine rings is 1. The smallest absolute Gasteiger partial charge is 0.246 e. The van der Waals surface area contributed by atoms with E-state index in [0.717, 1.165) is 49.7 Å². The molecule has 0 amide bonds. The number of hydrogen-bond acceptors (Lipinski definition) is 6. The molecule has 0 atom stereocenters. The molecule has 0 aliphatic carbocycles. The number of ether oxygens (including phenoxy) is 2. The maximum Gasteiger partial charge on any atom is 0.246 e. The molecule has 3 heterocycles. The van der Waals surface area contributed by atoms with Crippen LogP contribution >= 0.6 is 0 Å². The molecule has 2 aliphatic heterocycles. The van der Waals surface area contributed by atoms with Gasteiger partial charge < -0.3 is 9.47 Å². The molecule has 2 aromatic rings. The first-order valence-electron chi connectivity index (χ1n) is 9.63. The second-order valence-electron chi connectivity index (χ2n) is 7.05. The summed E-state index contributed by atoms with van der Waals surface area (Å²) in [5.74, 6) is 0.757. The van der Waals surface area contributed by atoms with Gasteiger partial charge in [0.15, 0.2) is 0 Å². The fraction of sp³-hybridized carbons (Fsp3) is 0.526. The van der Waals surface area contributed by atoms with Gasteiger partial charge in [0, 0.05) is 51.0 Å². The SMILES string of the molecule is CCn1cc(S(=O)(=O)N2CCOc3ccc(CN4CCOCC4)cc3C2)cn1. The van der Waals surface area contributed by atoms with E-state index in [2.05, 4.69) is 22.1 Å². The van der Waals surface area contributed by atoms with Crippen LogP contribution in [0.15, 0.2) is 35.5 Å². The molecule has 0 saturated carbocycles. The van der Waals surface area contributed by atoms with Crippen LogP contribution in [0.25, 0.3) is 0 Å².